The number of halogens is 1. The number of benzene rings is 1. The lowest BCUT2D eigenvalue weighted by atomic mass is 9.77. The van der Waals surface area contributed by atoms with E-state index in [0.717, 1.165) is 31.7 Å². The average molecular weight is 252 g/mol. The van der Waals surface area contributed by atoms with Crippen molar-refractivity contribution in [2.24, 2.45) is 5.92 Å². The molecule has 1 fully saturated rings. The molecule has 18 heavy (non-hydrogen) atoms. The second-order valence-corrected chi connectivity index (χ2v) is 5.02. The van der Waals surface area contributed by atoms with Crippen LogP contribution in [0.3, 0.4) is 0 Å². The molecule has 1 aromatic carbocycles. The lowest BCUT2D eigenvalue weighted by molar-refractivity contribution is -0.138. The van der Waals surface area contributed by atoms with E-state index in [4.69, 9.17) is 5.11 Å². The molecule has 0 aliphatic heterocycles. The number of hydrogen-bond donors (Lipinski definition) is 2. The lowest BCUT2D eigenvalue weighted by Crippen LogP contribution is -2.17. The Morgan fingerprint density at radius 1 is 1.28 bits per heavy atom. The fraction of sp³-hybridized carbons (Fsp3) is 0.500. The van der Waals surface area contributed by atoms with Gasteiger partial charge in [-0.25, -0.2) is 4.39 Å². The van der Waals surface area contributed by atoms with Gasteiger partial charge >= 0.3 is 5.97 Å². The smallest absolute Gasteiger partial charge is 0.303 e. The molecule has 0 saturated heterocycles. The standard InChI is InChI=1S/C14H17FO3/c15-13-8-11(16)5-6-12(13)10-3-1-9(2-4-10)7-14(17)18/h5-6,8-10,16H,1-4,7H2,(H,17,18). The number of carboxylic acid groups (broad SMARTS) is 1. The second kappa shape index (κ2) is 5.38. The molecule has 0 aromatic heterocycles. The molecule has 1 saturated carbocycles. The minimum absolute atomic E-state index is 0.0594. The Labute approximate surface area is 105 Å². The molecule has 0 atom stereocenters. The summed E-state index contributed by atoms with van der Waals surface area (Å²) in [5.41, 5.74) is 0.640. The third-order valence-electron chi connectivity index (χ3n) is 3.73. The van der Waals surface area contributed by atoms with Crippen LogP contribution in [0.5, 0.6) is 5.75 Å². The third kappa shape index (κ3) is 3.00. The highest BCUT2D eigenvalue weighted by molar-refractivity contribution is 5.67. The van der Waals surface area contributed by atoms with Crippen LogP contribution in [0.15, 0.2) is 18.2 Å². The quantitative estimate of drug-likeness (QED) is 0.868. The molecule has 0 spiro atoms. The van der Waals surface area contributed by atoms with E-state index < -0.39 is 5.97 Å². The van der Waals surface area contributed by atoms with Gasteiger partial charge in [0.25, 0.3) is 0 Å². The molecular formula is C14H17FO3. The molecule has 0 unspecified atom stereocenters. The second-order valence-electron chi connectivity index (χ2n) is 5.02. The van der Waals surface area contributed by atoms with Gasteiger partial charge in [-0.15, -0.1) is 0 Å². The third-order valence-corrected chi connectivity index (χ3v) is 3.73. The van der Waals surface area contributed by atoms with Gasteiger partial charge in [-0.2, -0.15) is 0 Å². The van der Waals surface area contributed by atoms with Gasteiger partial charge in [0.2, 0.25) is 0 Å². The van der Waals surface area contributed by atoms with Crippen LogP contribution in [0, 0.1) is 11.7 Å². The summed E-state index contributed by atoms with van der Waals surface area (Å²) >= 11 is 0. The van der Waals surface area contributed by atoms with Crippen molar-refractivity contribution in [3.63, 3.8) is 0 Å². The van der Waals surface area contributed by atoms with Crippen LogP contribution >= 0.6 is 0 Å². The Bertz CT molecular complexity index is 437. The van der Waals surface area contributed by atoms with Gasteiger partial charge in [-0.3, -0.25) is 4.79 Å². The van der Waals surface area contributed by atoms with Gasteiger partial charge in [-0.1, -0.05) is 6.07 Å². The normalized spacial score (nSPS) is 23.8. The monoisotopic (exact) mass is 252 g/mol. The fourth-order valence-corrected chi connectivity index (χ4v) is 2.77. The molecule has 0 amide bonds. The highest BCUT2D eigenvalue weighted by atomic mass is 19.1. The van der Waals surface area contributed by atoms with E-state index >= 15 is 0 Å². The zero-order valence-electron chi connectivity index (χ0n) is 10.1. The summed E-state index contributed by atoms with van der Waals surface area (Å²) in [4.78, 5) is 10.6. The van der Waals surface area contributed by atoms with Gasteiger partial charge in [0.15, 0.2) is 0 Å². The largest absolute Gasteiger partial charge is 0.508 e. The van der Waals surface area contributed by atoms with Crippen LogP contribution in [-0.2, 0) is 4.79 Å². The van der Waals surface area contributed by atoms with Crippen molar-refractivity contribution in [3.8, 4) is 5.75 Å². The molecule has 4 heteroatoms. The summed E-state index contributed by atoms with van der Waals surface area (Å²) in [5, 5.41) is 17.9. The van der Waals surface area contributed by atoms with Crippen molar-refractivity contribution in [1.29, 1.82) is 0 Å². The van der Waals surface area contributed by atoms with Gasteiger partial charge in [-0.05, 0) is 49.1 Å². The van der Waals surface area contributed by atoms with Crippen LogP contribution in [0.25, 0.3) is 0 Å². The lowest BCUT2D eigenvalue weighted by Gasteiger charge is -2.28. The maximum Gasteiger partial charge on any atom is 0.303 e. The van der Waals surface area contributed by atoms with E-state index in [1.807, 2.05) is 0 Å². The molecule has 2 rings (SSSR count). The number of hydrogen-bond acceptors (Lipinski definition) is 2. The highest BCUT2D eigenvalue weighted by Gasteiger charge is 2.25. The van der Waals surface area contributed by atoms with Crippen molar-refractivity contribution in [2.45, 2.75) is 38.0 Å². The molecule has 2 N–H and O–H groups in total. The van der Waals surface area contributed by atoms with Crippen molar-refractivity contribution < 1.29 is 19.4 Å². The Balaban J connectivity index is 1.99. The molecule has 1 aliphatic rings. The van der Waals surface area contributed by atoms with Gasteiger partial charge in [0, 0.05) is 12.5 Å². The first kappa shape index (κ1) is 12.9. The molecule has 98 valence electrons. The van der Waals surface area contributed by atoms with E-state index in [0.29, 0.717) is 5.56 Å². The Morgan fingerprint density at radius 3 is 2.50 bits per heavy atom. The van der Waals surface area contributed by atoms with Crippen LogP contribution < -0.4 is 0 Å². The minimum Gasteiger partial charge on any atom is -0.508 e. The summed E-state index contributed by atoms with van der Waals surface area (Å²) in [7, 11) is 0. The molecule has 0 bridgehead atoms. The zero-order valence-corrected chi connectivity index (χ0v) is 10.1. The van der Waals surface area contributed by atoms with Crippen molar-refractivity contribution in [2.75, 3.05) is 0 Å². The molecule has 3 nitrogen and oxygen atoms in total. The zero-order chi connectivity index (χ0) is 13.1. The summed E-state index contributed by atoms with van der Waals surface area (Å²) in [5.74, 6) is -0.809. The van der Waals surface area contributed by atoms with Crippen molar-refractivity contribution in [3.05, 3.63) is 29.6 Å². The average Bonchev–Trinajstić information content (AvgIpc) is 2.30. The molecule has 0 heterocycles. The van der Waals surface area contributed by atoms with E-state index in [9.17, 15) is 14.3 Å². The Morgan fingerprint density at radius 2 is 1.94 bits per heavy atom. The number of carbonyl (C=O) groups is 1. The molecular weight excluding hydrogens is 235 g/mol. The summed E-state index contributed by atoms with van der Waals surface area (Å²) in [6, 6.07) is 4.27. The Kier molecular flexibility index (Phi) is 3.84. The first-order valence-corrected chi connectivity index (χ1v) is 6.26. The van der Waals surface area contributed by atoms with E-state index in [2.05, 4.69) is 0 Å². The number of phenols is 1. The maximum atomic E-state index is 13.7. The first-order valence-electron chi connectivity index (χ1n) is 6.26. The number of aromatic hydroxyl groups is 1. The minimum atomic E-state index is -0.755. The van der Waals surface area contributed by atoms with Crippen LogP contribution in [-0.4, -0.2) is 16.2 Å². The number of phenolic OH excluding ortho intramolecular Hbond substituents is 1. The predicted molar refractivity (Wildman–Crippen MR) is 65.0 cm³/mol. The van der Waals surface area contributed by atoms with Crippen LogP contribution in [0.2, 0.25) is 0 Å². The highest BCUT2D eigenvalue weighted by Crippen LogP contribution is 2.38. The first-order chi connectivity index (χ1) is 8.56. The van der Waals surface area contributed by atoms with E-state index in [1.54, 1.807) is 6.07 Å². The van der Waals surface area contributed by atoms with E-state index in [-0.39, 0.29) is 29.8 Å². The number of carboxylic acids is 1. The summed E-state index contributed by atoms with van der Waals surface area (Å²) in [6.07, 6.45) is 3.51. The topological polar surface area (TPSA) is 57.5 Å². The van der Waals surface area contributed by atoms with Gasteiger partial charge < -0.3 is 10.2 Å². The molecule has 1 aromatic rings. The fourth-order valence-electron chi connectivity index (χ4n) is 2.77. The molecule has 0 radical (unpaired) electrons. The molecule has 1 aliphatic carbocycles. The number of rotatable bonds is 3. The predicted octanol–water partition coefficient (Wildman–Crippen LogP) is 3.28. The summed E-state index contributed by atoms with van der Waals surface area (Å²) in [6.45, 7) is 0. The Hall–Kier alpha value is -1.58. The van der Waals surface area contributed by atoms with Gasteiger partial charge in [0.05, 0.1) is 0 Å². The van der Waals surface area contributed by atoms with Crippen LogP contribution in [0.4, 0.5) is 4.39 Å². The van der Waals surface area contributed by atoms with Crippen molar-refractivity contribution in [1.82, 2.24) is 0 Å². The van der Waals surface area contributed by atoms with Crippen molar-refractivity contribution >= 4 is 5.97 Å². The van der Waals surface area contributed by atoms with E-state index in [1.165, 1.54) is 6.07 Å². The summed E-state index contributed by atoms with van der Waals surface area (Å²) < 4.78 is 13.7. The van der Waals surface area contributed by atoms with Gasteiger partial charge in [0.1, 0.15) is 11.6 Å². The maximum absolute atomic E-state index is 13.7. The number of aliphatic carboxylic acids is 1. The SMILES string of the molecule is O=C(O)CC1CCC(c2ccc(O)cc2F)CC1. The van der Waals surface area contributed by atoms with Crippen LogP contribution in [0.1, 0.15) is 43.6 Å².